The van der Waals surface area contributed by atoms with Crippen LogP contribution in [-0.2, 0) is 71.1 Å². The Morgan fingerprint density at radius 3 is 1.12 bits per heavy atom. The van der Waals surface area contributed by atoms with Gasteiger partial charge in [0, 0.05) is 39.1 Å². The first-order chi connectivity index (χ1) is 39.9. The zero-order valence-electron chi connectivity index (χ0n) is 46.2. The molecule has 0 saturated heterocycles. The molecule has 5 aromatic rings. The first-order valence-electron chi connectivity index (χ1n) is 27.6. The molecule has 0 aliphatic heterocycles. The van der Waals surface area contributed by atoms with Crippen molar-refractivity contribution in [2.75, 3.05) is 26.2 Å². The van der Waals surface area contributed by atoms with Crippen molar-refractivity contribution < 1.29 is 57.3 Å². The van der Waals surface area contributed by atoms with Crippen molar-refractivity contribution >= 4 is 54.1 Å². The topological polar surface area (TPSA) is 270 Å². The number of alkyl carbamates (subject to hydrolysis) is 4. The summed E-state index contributed by atoms with van der Waals surface area (Å²) in [6.45, 7) is 4.74. The SMILES string of the molecule is C=Cc1ccc(CNC(=O)CCNC(=O)[C@@H](CCCCNC(=O)[C@@H](CCCCNC(=O)OCc2ccccc2)NC(=O)OCc2ccccc2)NC(=O)[C@@H](CCCCNC(=O)OCc2ccccc2)NC(=O)OCc2ccccc2)cc1. The summed E-state index contributed by atoms with van der Waals surface area (Å²) in [5, 5.41) is 22.0. The van der Waals surface area contributed by atoms with Gasteiger partial charge in [0.15, 0.2) is 0 Å². The molecule has 82 heavy (non-hydrogen) atoms. The summed E-state index contributed by atoms with van der Waals surface area (Å²) in [6, 6.07) is 40.8. The van der Waals surface area contributed by atoms with Gasteiger partial charge in [0.1, 0.15) is 44.6 Å². The van der Waals surface area contributed by atoms with Gasteiger partial charge in [0.05, 0.1) is 0 Å². The third-order valence-corrected chi connectivity index (χ3v) is 12.7. The van der Waals surface area contributed by atoms with Crippen molar-refractivity contribution in [3.63, 3.8) is 0 Å². The number of ether oxygens (including phenoxy) is 4. The summed E-state index contributed by atoms with van der Waals surface area (Å²) >= 11 is 0. The van der Waals surface area contributed by atoms with Crippen LogP contribution in [0.4, 0.5) is 19.2 Å². The average Bonchev–Trinajstić information content (AvgIpc) is 3.51. The van der Waals surface area contributed by atoms with E-state index in [9.17, 15) is 38.4 Å². The van der Waals surface area contributed by atoms with Gasteiger partial charge in [-0.3, -0.25) is 19.2 Å². The molecule has 20 heteroatoms. The summed E-state index contributed by atoms with van der Waals surface area (Å²) in [6.07, 6.45) is 1.59. The van der Waals surface area contributed by atoms with Crippen molar-refractivity contribution in [2.24, 2.45) is 0 Å². The summed E-state index contributed by atoms with van der Waals surface area (Å²) < 4.78 is 21.4. The van der Waals surface area contributed by atoms with E-state index in [1.165, 1.54) is 0 Å². The fourth-order valence-corrected chi connectivity index (χ4v) is 8.06. The lowest BCUT2D eigenvalue weighted by molar-refractivity contribution is -0.130. The van der Waals surface area contributed by atoms with Gasteiger partial charge in [-0.05, 0) is 91.2 Å². The van der Waals surface area contributed by atoms with E-state index in [0.29, 0.717) is 38.5 Å². The lowest BCUT2D eigenvalue weighted by atomic mass is 10.1. The second-order valence-electron chi connectivity index (χ2n) is 19.1. The monoisotopic (exact) mass is 1120 g/mol. The van der Waals surface area contributed by atoms with Gasteiger partial charge in [-0.2, -0.15) is 0 Å². The maximum absolute atomic E-state index is 14.2. The lowest BCUT2D eigenvalue weighted by Crippen LogP contribution is -2.54. The number of amides is 8. The van der Waals surface area contributed by atoms with Crippen LogP contribution in [0.1, 0.15) is 97.6 Å². The lowest BCUT2D eigenvalue weighted by Gasteiger charge is -2.23. The zero-order valence-corrected chi connectivity index (χ0v) is 46.2. The van der Waals surface area contributed by atoms with Crippen molar-refractivity contribution in [1.29, 1.82) is 0 Å². The molecule has 0 radical (unpaired) electrons. The minimum Gasteiger partial charge on any atom is -0.445 e. The van der Waals surface area contributed by atoms with Crippen LogP contribution in [0.5, 0.6) is 0 Å². The summed E-state index contributed by atoms with van der Waals surface area (Å²) in [5.74, 6) is -2.04. The largest absolute Gasteiger partial charge is 0.445 e. The highest BCUT2D eigenvalue weighted by Gasteiger charge is 2.28. The Balaban J connectivity index is 1.17. The summed E-state index contributed by atoms with van der Waals surface area (Å²) in [7, 11) is 0. The molecule has 436 valence electrons. The number of benzene rings is 5. The van der Waals surface area contributed by atoms with E-state index in [2.05, 4.69) is 49.1 Å². The smallest absolute Gasteiger partial charge is 0.408 e. The summed E-state index contributed by atoms with van der Waals surface area (Å²) in [4.78, 5) is 105. The van der Waals surface area contributed by atoms with E-state index in [1.54, 1.807) is 42.5 Å². The molecule has 0 aromatic heterocycles. The molecule has 0 aliphatic carbocycles. The molecule has 0 heterocycles. The third-order valence-electron chi connectivity index (χ3n) is 12.7. The number of rotatable bonds is 35. The fourth-order valence-electron chi connectivity index (χ4n) is 8.06. The Labute approximate surface area is 479 Å². The van der Waals surface area contributed by atoms with E-state index < -0.39 is 60.2 Å². The van der Waals surface area contributed by atoms with Crippen molar-refractivity contribution in [3.05, 3.63) is 186 Å². The van der Waals surface area contributed by atoms with Gasteiger partial charge >= 0.3 is 24.4 Å². The van der Waals surface area contributed by atoms with Crippen LogP contribution < -0.4 is 42.5 Å². The molecule has 8 N–H and O–H groups in total. The van der Waals surface area contributed by atoms with Gasteiger partial charge in [-0.25, -0.2) is 19.2 Å². The van der Waals surface area contributed by atoms with E-state index in [-0.39, 0.29) is 90.7 Å². The number of unbranched alkanes of at least 4 members (excludes halogenated alkanes) is 3. The van der Waals surface area contributed by atoms with E-state index in [0.717, 1.165) is 33.4 Å². The molecule has 8 amide bonds. The first kappa shape index (κ1) is 63.6. The Kier molecular flexibility index (Phi) is 29.2. The molecule has 0 unspecified atom stereocenters. The van der Waals surface area contributed by atoms with Crippen LogP contribution in [-0.4, -0.2) is 92.3 Å². The number of carbonyl (C=O) groups excluding carboxylic acids is 8. The highest BCUT2D eigenvalue weighted by atomic mass is 16.6. The molecule has 0 aliphatic rings. The predicted molar refractivity (Wildman–Crippen MR) is 309 cm³/mol. The summed E-state index contributed by atoms with van der Waals surface area (Å²) in [5.41, 5.74) is 4.98. The molecule has 0 saturated carbocycles. The first-order valence-corrected chi connectivity index (χ1v) is 27.6. The molecule has 0 bridgehead atoms. The van der Waals surface area contributed by atoms with E-state index in [1.807, 2.05) is 109 Å². The van der Waals surface area contributed by atoms with Crippen LogP contribution in [0.25, 0.3) is 6.08 Å². The Morgan fingerprint density at radius 2 is 0.720 bits per heavy atom. The van der Waals surface area contributed by atoms with Gasteiger partial charge in [-0.15, -0.1) is 0 Å². The molecular formula is C62H76N8O12. The van der Waals surface area contributed by atoms with Gasteiger partial charge < -0.3 is 61.5 Å². The Morgan fingerprint density at radius 1 is 0.366 bits per heavy atom. The number of nitrogens with one attached hydrogen (secondary N) is 8. The van der Waals surface area contributed by atoms with E-state index in [4.69, 9.17) is 18.9 Å². The molecule has 5 aromatic carbocycles. The standard InChI is InChI=1S/C62H76N8O12/c1-2-46-32-34-47(35-33-46)41-67-55(71)36-40-64-56(72)52(68-58(74)54(70-62(78)82-45-51-27-13-6-14-28-51)31-17-20-39-66-60(76)80-43-49-23-9-4-10-24-49)29-15-18-37-63-57(73)53(69-61(77)81-44-50-25-11-5-12-26-50)30-16-19-38-65-59(75)79-42-48-21-7-3-8-22-48/h2-14,21-28,32-35,52-54H,1,15-20,29-31,36-45H2,(H,63,73)(H,64,72)(H,65,75)(H,66,76)(H,67,71)(H,68,74)(H,69,77)(H,70,78)/t52-,53-,54-/m1/s1. The maximum Gasteiger partial charge on any atom is 0.408 e. The number of hydrogen-bond donors (Lipinski definition) is 8. The van der Waals surface area contributed by atoms with Gasteiger partial charge in [-0.1, -0.05) is 158 Å². The minimum absolute atomic E-state index is 0.0132. The molecular weight excluding hydrogens is 1050 g/mol. The molecule has 5 rings (SSSR count). The van der Waals surface area contributed by atoms with Crippen molar-refractivity contribution in [1.82, 2.24) is 42.5 Å². The fraction of sp³-hybridized carbons (Fsp3) is 0.355. The Hall–Kier alpha value is -9.20. The maximum atomic E-state index is 14.2. The van der Waals surface area contributed by atoms with Crippen molar-refractivity contribution in [3.8, 4) is 0 Å². The van der Waals surface area contributed by atoms with Gasteiger partial charge in [0.25, 0.3) is 0 Å². The normalized spacial score (nSPS) is 11.7. The minimum atomic E-state index is -1.16. The van der Waals surface area contributed by atoms with Crippen LogP contribution in [0.15, 0.2) is 152 Å². The van der Waals surface area contributed by atoms with Crippen LogP contribution >= 0.6 is 0 Å². The molecule has 0 spiro atoms. The predicted octanol–water partition coefficient (Wildman–Crippen LogP) is 8.01. The van der Waals surface area contributed by atoms with E-state index >= 15 is 0 Å². The van der Waals surface area contributed by atoms with Gasteiger partial charge in [0.2, 0.25) is 23.6 Å². The number of carbonyl (C=O) groups is 8. The second kappa shape index (κ2) is 37.6. The molecule has 3 atom stereocenters. The van der Waals surface area contributed by atoms with Crippen molar-refractivity contribution in [2.45, 2.75) is 115 Å². The van der Waals surface area contributed by atoms with Crippen LogP contribution in [0, 0.1) is 0 Å². The third kappa shape index (κ3) is 26.6. The highest BCUT2D eigenvalue weighted by molar-refractivity contribution is 5.91. The second-order valence-corrected chi connectivity index (χ2v) is 19.1. The Bertz CT molecular complexity index is 2740. The number of hydrogen-bond acceptors (Lipinski definition) is 12. The zero-order chi connectivity index (χ0) is 58.4. The average molecular weight is 1130 g/mol. The molecule has 20 nitrogen and oxygen atoms in total. The van der Waals surface area contributed by atoms with Crippen LogP contribution in [0.3, 0.4) is 0 Å². The van der Waals surface area contributed by atoms with Crippen LogP contribution in [0.2, 0.25) is 0 Å². The highest BCUT2D eigenvalue weighted by Crippen LogP contribution is 2.11. The molecule has 0 fully saturated rings. The quantitative estimate of drug-likeness (QED) is 0.0142.